The van der Waals surface area contributed by atoms with Gasteiger partial charge in [-0.05, 0) is 36.2 Å². The molecule has 2 rings (SSSR count). The fourth-order valence-corrected chi connectivity index (χ4v) is 1.99. The predicted molar refractivity (Wildman–Crippen MR) is 78.9 cm³/mol. The maximum absolute atomic E-state index is 6.19. The van der Waals surface area contributed by atoms with Crippen LogP contribution in [0, 0.1) is 0 Å². The predicted octanol–water partition coefficient (Wildman–Crippen LogP) is 2.95. The third-order valence-electron chi connectivity index (χ3n) is 3.20. The van der Waals surface area contributed by atoms with Gasteiger partial charge in [0.05, 0.1) is 7.11 Å². The van der Waals surface area contributed by atoms with Crippen LogP contribution in [0.15, 0.2) is 48.8 Å². The fraction of sp³-hybridized carbons (Fsp3) is 0.312. The van der Waals surface area contributed by atoms with E-state index < -0.39 is 0 Å². The van der Waals surface area contributed by atoms with E-state index in [9.17, 15) is 0 Å². The van der Waals surface area contributed by atoms with Crippen molar-refractivity contribution >= 4 is 0 Å². The summed E-state index contributed by atoms with van der Waals surface area (Å²) in [6.07, 6.45) is 4.13. The Morgan fingerprint density at radius 2 is 1.85 bits per heavy atom. The molecule has 0 bridgehead atoms. The van der Waals surface area contributed by atoms with Crippen LogP contribution in [0.4, 0.5) is 0 Å². The van der Waals surface area contributed by atoms with E-state index in [-0.39, 0.29) is 12.1 Å². The monoisotopic (exact) mass is 272 g/mol. The minimum Gasteiger partial charge on any atom is -0.497 e. The van der Waals surface area contributed by atoms with Gasteiger partial charge in [-0.2, -0.15) is 0 Å². The van der Waals surface area contributed by atoms with Gasteiger partial charge in [0.25, 0.3) is 0 Å². The molecule has 2 aromatic rings. The topological polar surface area (TPSA) is 57.4 Å². The summed E-state index contributed by atoms with van der Waals surface area (Å²) in [7, 11) is 1.64. The standard InChI is InChI=1S/C16H20N2O2/c1-3-15(17)16(12-7-9-18-10-8-12)20-14-6-4-5-13(11-14)19-2/h4-11,15-16H,3,17H2,1-2H3. The molecule has 106 valence electrons. The Hall–Kier alpha value is -2.07. The van der Waals surface area contributed by atoms with Crippen molar-refractivity contribution in [3.05, 3.63) is 54.4 Å². The summed E-state index contributed by atoms with van der Waals surface area (Å²) >= 11 is 0. The van der Waals surface area contributed by atoms with Gasteiger partial charge < -0.3 is 15.2 Å². The molecule has 1 aromatic heterocycles. The van der Waals surface area contributed by atoms with Gasteiger partial charge in [0.15, 0.2) is 0 Å². The maximum Gasteiger partial charge on any atom is 0.139 e. The summed E-state index contributed by atoms with van der Waals surface area (Å²) in [4.78, 5) is 4.03. The lowest BCUT2D eigenvalue weighted by Crippen LogP contribution is -2.31. The average molecular weight is 272 g/mol. The molecule has 1 heterocycles. The van der Waals surface area contributed by atoms with Gasteiger partial charge in [-0.1, -0.05) is 13.0 Å². The van der Waals surface area contributed by atoms with E-state index >= 15 is 0 Å². The van der Waals surface area contributed by atoms with E-state index in [1.165, 1.54) is 0 Å². The first-order chi connectivity index (χ1) is 9.74. The zero-order valence-corrected chi connectivity index (χ0v) is 11.8. The lowest BCUT2D eigenvalue weighted by atomic mass is 10.0. The van der Waals surface area contributed by atoms with Crippen molar-refractivity contribution in [1.82, 2.24) is 4.98 Å². The number of nitrogens with zero attached hydrogens (tertiary/aromatic N) is 1. The van der Waals surface area contributed by atoms with Crippen molar-refractivity contribution in [3.8, 4) is 11.5 Å². The Kier molecular flexibility index (Phi) is 4.96. The van der Waals surface area contributed by atoms with Crippen LogP contribution >= 0.6 is 0 Å². The molecule has 20 heavy (non-hydrogen) atoms. The molecule has 2 atom stereocenters. The molecule has 0 saturated heterocycles. The largest absolute Gasteiger partial charge is 0.497 e. The molecule has 0 fully saturated rings. The molecule has 0 aliphatic heterocycles. The molecular weight excluding hydrogens is 252 g/mol. The zero-order chi connectivity index (χ0) is 14.4. The summed E-state index contributed by atoms with van der Waals surface area (Å²) in [6, 6.07) is 11.3. The van der Waals surface area contributed by atoms with Crippen LogP contribution in [0.3, 0.4) is 0 Å². The number of aromatic nitrogens is 1. The Bertz CT molecular complexity index is 531. The van der Waals surface area contributed by atoms with Gasteiger partial charge in [-0.25, -0.2) is 0 Å². The van der Waals surface area contributed by atoms with E-state index in [0.717, 1.165) is 23.5 Å². The van der Waals surface area contributed by atoms with E-state index in [1.807, 2.05) is 43.3 Å². The maximum atomic E-state index is 6.19. The van der Waals surface area contributed by atoms with Crippen LogP contribution in [0.5, 0.6) is 11.5 Å². The quantitative estimate of drug-likeness (QED) is 0.878. The highest BCUT2D eigenvalue weighted by Crippen LogP contribution is 2.27. The van der Waals surface area contributed by atoms with E-state index in [2.05, 4.69) is 4.98 Å². The first kappa shape index (κ1) is 14.3. The van der Waals surface area contributed by atoms with Crippen LogP contribution in [-0.4, -0.2) is 18.1 Å². The number of benzene rings is 1. The lowest BCUT2D eigenvalue weighted by Gasteiger charge is -2.24. The van der Waals surface area contributed by atoms with E-state index in [4.69, 9.17) is 15.2 Å². The van der Waals surface area contributed by atoms with Gasteiger partial charge >= 0.3 is 0 Å². The molecule has 1 aromatic carbocycles. The van der Waals surface area contributed by atoms with Crippen molar-refractivity contribution in [2.75, 3.05) is 7.11 Å². The minimum absolute atomic E-state index is 0.0800. The number of hydrogen-bond donors (Lipinski definition) is 1. The van der Waals surface area contributed by atoms with Crippen LogP contribution in [0.25, 0.3) is 0 Å². The molecule has 0 aliphatic carbocycles. The molecule has 4 nitrogen and oxygen atoms in total. The fourth-order valence-electron chi connectivity index (χ4n) is 1.99. The summed E-state index contributed by atoms with van der Waals surface area (Å²) in [5, 5.41) is 0. The number of pyridine rings is 1. The molecule has 0 amide bonds. The first-order valence-electron chi connectivity index (χ1n) is 6.70. The SMILES string of the molecule is CCC(N)C(Oc1cccc(OC)c1)c1ccncc1. The number of hydrogen-bond acceptors (Lipinski definition) is 4. The third kappa shape index (κ3) is 3.48. The number of nitrogens with two attached hydrogens (primary N) is 1. The van der Waals surface area contributed by atoms with Crippen molar-refractivity contribution in [2.45, 2.75) is 25.5 Å². The molecular formula is C16H20N2O2. The highest BCUT2D eigenvalue weighted by atomic mass is 16.5. The molecule has 2 N–H and O–H groups in total. The molecule has 0 saturated carbocycles. The highest BCUT2D eigenvalue weighted by Gasteiger charge is 2.20. The van der Waals surface area contributed by atoms with Crippen LogP contribution in [-0.2, 0) is 0 Å². The van der Waals surface area contributed by atoms with Crippen molar-refractivity contribution in [1.29, 1.82) is 0 Å². The Labute approximate surface area is 119 Å². The smallest absolute Gasteiger partial charge is 0.139 e. The summed E-state index contributed by atoms with van der Waals surface area (Å²) in [6.45, 7) is 2.05. The minimum atomic E-state index is -0.199. The third-order valence-corrected chi connectivity index (χ3v) is 3.20. The normalized spacial score (nSPS) is 13.6. The van der Waals surface area contributed by atoms with Gasteiger partial charge in [-0.15, -0.1) is 0 Å². The lowest BCUT2D eigenvalue weighted by molar-refractivity contribution is 0.170. The molecule has 2 unspecified atom stereocenters. The van der Waals surface area contributed by atoms with Gasteiger partial charge in [0.1, 0.15) is 17.6 Å². The van der Waals surface area contributed by atoms with Crippen LogP contribution in [0.1, 0.15) is 25.0 Å². The van der Waals surface area contributed by atoms with E-state index in [1.54, 1.807) is 19.5 Å². The van der Waals surface area contributed by atoms with Gasteiger partial charge in [0.2, 0.25) is 0 Å². The highest BCUT2D eigenvalue weighted by molar-refractivity contribution is 5.33. The Morgan fingerprint density at radius 1 is 1.15 bits per heavy atom. The number of ether oxygens (including phenoxy) is 2. The molecule has 0 radical (unpaired) electrons. The average Bonchev–Trinajstić information content (AvgIpc) is 2.53. The zero-order valence-electron chi connectivity index (χ0n) is 11.8. The Balaban J connectivity index is 2.24. The van der Waals surface area contributed by atoms with Crippen LogP contribution in [0.2, 0.25) is 0 Å². The summed E-state index contributed by atoms with van der Waals surface area (Å²) in [5.74, 6) is 1.51. The van der Waals surface area contributed by atoms with Crippen molar-refractivity contribution < 1.29 is 9.47 Å². The van der Waals surface area contributed by atoms with Crippen LogP contribution < -0.4 is 15.2 Å². The number of rotatable bonds is 6. The first-order valence-corrected chi connectivity index (χ1v) is 6.70. The second-order valence-electron chi connectivity index (χ2n) is 4.57. The Morgan fingerprint density at radius 3 is 2.50 bits per heavy atom. The summed E-state index contributed by atoms with van der Waals surface area (Å²) in [5.41, 5.74) is 7.22. The molecule has 4 heteroatoms. The van der Waals surface area contributed by atoms with E-state index in [0.29, 0.717) is 0 Å². The van der Waals surface area contributed by atoms with Crippen molar-refractivity contribution in [2.24, 2.45) is 5.73 Å². The number of methoxy groups -OCH3 is 1. The molecule has 0 spiro atoms. The van der Waals surface area contributed by atoms with Crippen molar-refractivity contribution in [3.63, 3.8) is 0 Å². The molecule has 0 aliphatic rings. The van der Waals surface area contributed by atoms with Gasteiger partial charge in [0, 0.05) is 24.5 Å². The van der Waals surface area contributed by atoms with Gasteiger partial charge in [-0.3, -0.25) is 4.98 Å². The summed E-state index contributed by atoms with van der Waals surface area (Å²) < 4.78 is 11.3. The second-order valence-corrected chi connectivity index (χ2v) is 4.57. The second kappa shape index (κ2) is 6.91.